The van der Waals surface area contributed by atoms with Crippen LogP contribution in [0.1, 0.15) is 213 Å². The number of unbranched alkanes of at least 4 members (excludes halogenated alkanes) is 21. The molecule has 0 fully saturated rings. The topological polar surface area (TPSA) is 94.1 Å². The van der Waals surface area contributed by atoms with Gasteiger partial charge in [-0.05, 0) is 89.9 Å². The molecule has 0 rings (SSSR count). The van der Waals surface area contributed by atoms with Crippen molar-refractivity contribution in [1.82, 2.24) is 0 Å². The van der Waals surface area contributed by atoms with Gasteiger partial charge in [-0.3, -0.25) is 9.36 Å². The highest BCUT2D eigenvalue weighted by atomic mass is 31.2. The van der Waals surface area contributed by atoms with Crippen LogP contribution in [-0.4, -0.2) is 70.7 Å². The van der Waals surface area contributed by atoms with Crippen molar-refractivity contribution in [2.75, 3.05) is 54.1 Å². The van der Waals surface area contributed by atoms with E-state index in [1.807, 2.05) is 21.1 Å². The number of phosphoric ester groups is 1. The normalized spacial score (nSPS) is 14.2. The summed E-state index contributed by atoms with van der Waals surface area (Å²) in [7, 11) is 1.34. The number of nitrogens with zero attached hydrogens (tertiary/aromatic N) is 1. The predicted octanol–water partition coefficient (Wildman–Crippen LogP) is 16.1. The van der Waals surface area contributed by atoms with Crippen LogP contribution in [0.4, 0.5) is 0 Å². The van der Waals surface area contributed by atoms with Gasteiger partial charge in [-0.1, -0.05) is 202 Å². The molecule has 2 unspecified atom stereocenters. The molecule has 382 valence electrons. The standard InChI is InChI=1S/C57H102NO7P/c1-6-8-10-12-14-16-18-20-22-24-26-27-28-29-30-31-32-33-35-37-39-41-43-45-47-49-52-62-54-56(55-64-66(60,61)63-53-51-58(3,4)5)65-57(59)50-48-46-44-42-40-38-36-34-25-23-21-19-17-15-13-11-9-7-2/h8,10,14,16,20,22-23,25-27,29-30,32-33,56H,6-7,9,11-13,15,17-19,21,24,28,31,34-55H2,1-5H3/b10-8-,16-14-,22-20-,25-23-,27-26-,30-29-,33-32-. The van der Waals surface area contributed by atoms with Crippen LogP contribution in [-0.2, 0) is 27.9 Å². The van der Waals surface area contributed by atoms with Gasteiger partial charge < -0.3 is 27.9 Å². The Balaban J connectivity index is 4.17. The first-order chi connectivity index (χ1) is 32.1. The second-order valence-electron chi connectivity index (χ2n) is 18.9. The maximum atomic E-state index is 12.8. The molecule has 0 aliphatic heterocycles. The van der Waals surface area contributed by atoms with Gasteiger partial charge in [-0.25, -0.2) is 0 Å². The van der Waals surface area contributed by atoms with E-state index in [1.54, 1.807) is 0 Å². The minimum absolute atomic E-state index is 0.0190. The van der Waals surface area contributed by atoms with Crippen molar-refractivity contribution in [3.05, 3.63) is 85.1 Å². The van der Waals surface area contributed by atoms with Crippen molar-refractivity contribution in [2.45, 2.75) is 219 Å². The number of allylic oxidation sites excluding steroid dienone is 14. The highest BCUT2D eigenvalue weighted by Crippen LogP contribution is 2.38. The lowest BCUT2D eigenvalue weighted by Crippen LogP contribution is -2.37. The number of likely N-dealkylation sites (N-methyl/N-ethyl adjacent to an activating group) is 1. The summed E-state index contributed by atoms with van der Waals surface area (Å²) in [5, 5.41) is 0. The quantitative estimate of drug-likeness (QED) is 0.0197. The Morgan fingerprint density at radius 3 is 1.33 bits per heavy atom. The van der Waals surface area contributed by atoms with E-state index in [4.69, 9.17) is 18.5 Å². The van der Waals surface area contributed by atoms with Crippen LogP contribution in [0, 0.1) is 0 Å². The van der Waals surface area contributed by atoms with Crippen LogP contribution in [0.3, 0.4) is 0 Å². The van der Waals surface area contributed by atoms with E-state index in [1.165, 1.54) is 109 Å². The molecule has 0 bridgehead atoms. The fraction of sp³-hybridized carbons (Fsp3) is 0.737. The molecule has 0 aliphatic rings. The summed E-state index contributed by atoms with van der Waals surface area (Å²) in [5.74, 6) is -0.344. The molecule has 0 aromatic rings. The molecule has 8 nitrogen and oxygen atoms in total. The van der Waals surface area contributed by atoms with E-state index in [-0.39, 0.29) is 25.8 Å². The summed E-state index contributed by atoms with van der Waals surface area (Å²) < 4.78 is 34.8. The summed E-state index contributed by atoms with van der Waals surface area (Å²) in [4.78, 5) is 25.2. The summed E-state index contributed by atoms with van der Waals surface area (Å²) in [6, 6.07) is 0. The molecule has 0 aliphatic carbocycles. The molecule has 0 radical (unpaired) electrons. The SMILES string of the molecule is CC/C=C\C/C=C\C/C=C\C/C=C\C/C=C\C/C=C\CCCCCCCCCOCC(COP(=O)([O-])OCC[N+](C)(C)C)OC(=O)CCCCCCCCC/C=C\CCCCCCCCC. The monoisotopic (exact) mass is 944 g/mol. The summed E-state index contributed by atoms with van der Waals surface area (Å²) in [5.41, 5.74) is 0. The van der Waals surface area contributed by atoms with E-state index < -0.39 is 13.9 Å². The maximum absolute atomic E-state index is 12.8. The zero-order chi connectivity index (χ0) is 48.3. The van der Waals surface area contributed by atoms with E-state index in [9.17, 15) is 14.3 Å². The van der Waals surface area contributed by atoms with E-state index >= 15 is 0 Å². The van der Waals surface area contributed by atoms with Crippen LogP contribution in [0.5, 0.6) is 0 Å². The first-order valence-electron chi connectivity index (χ1n) is 26.8. The fourth-order valence-electron chi connectivity index (χ4n) is 7.07. The zero-order valence-electron chi connectivity index (χ0n) is 43.4. The van der Waals surface area contributed by atoms with Crippen LogP contribution >= 0.6 is 7.82 Å². The lowest BCUT2D eigenvalue weighted by Gasteiger charge is -2.28. The Kier molecular flexibility index (Phi) is 47.4. The molecule has 0 saturated heterocycles. The molecular weight excluding hydrogens is 842 g/mol. The Morgan fingerprint density at radius 2 is 0.879 bits per heavy atom. The fourth-order valence-corrected chi connectivity index (χ4v) is 7.80. The Bertz CT molecular complexity index is 1330. The van der Waals surface area contributed by atoms with Crippen LogP contribution in [0.15, 0.2) is 85.1 Å². The average molecular weight is 944 g/mol. The van der Waals surface area contributed by atoms with Crippen molar-refractivity contribution in [2.24, 2.45) is 0 Å². The Labute approximate surface area is 407 Å². The molecule has 0 spiro atoms. The molecule has 0 saturated carbocycles. The van der Waals surface area contributed by atoms with Crippen molar-refractivity contribution < 1.29 is 37.3 Å². The predicted molar refractivity (Wildman–Crippen MR) is 282 cm³/mol. The van der Waals surface area contributed by atoms with Crippen molar-refractivity contribution in [3.8, 4) is 0 Å². The number of hydrogen-bond acceptors (Lipinski definition) is 7. The van der Waals surface area contributed by atoms with Crippen LogP contribution in [0.2, 0.25) is 0 Å². The second kappa shape index (κ2) is 49.1. The van der Waals surface area contributed by atoms with Crippen LogP contribution < -0.4 is 4.89 Å². The minimum Gasteiger partial charge on any atom is -0.756 e. The average Bonchev–Trinajstić information content (AvgIpc) is 3.28. The minimum atomic E-state index is -4.54. The third-order valence-corrected chi connectivity index (χ3v) is 12.1. The van der Waals surface area contributed by atoms with Gasteiger partial charge in [0.2, 0.25) is 0 Å². The molecule has 0 amide bonds. The number of quaternary nitrogens is 1. The molecule has 0 heterocycles. The van der Waals surface area contributed by atoms with Crippen molar-refractivity contribution in [3.63, 3.8) is 0 Å². The third kappa shape index (κ3) is 52.6. The van der Waals surface area contributed by atoms with E-state index in [0.29, 0.717) is 24.1 Å². The Hall–Kier alpha value is -2.32. The van der Waals surface area contributed by atoms with Crippen molar-refractivity contribution >= 4 is 13.8 Å². The van der Waals surface area contributed by atoms with Crippen molar-refractivity contribution in [1.29, 1.82) is 0 Å². The highest BCUT2D eigenvalue weighted by molar-refractivity contribution is 7.45. The zero-order valence-corrected chi connectivity index (χ0v) is 44.3. The first-order valence-corrected chi connectivity index (χ1v) is 28.3. The van der Waals surface area contributed by atoms with Gasteiger partial charge >= 0.3 is 5.97 Å². The molecular formula is C57H102NO7P. The lowest BCUT2D eigenvalue weighted by molar-refractivity contribution is -0.870. The molecule has 2 atom stereocenters. The van der Waals surface area contributed by atoms with E-state index in [0.717, 1.165) is 83.5 Å². The van der Waals surface area contributed by atoms with Gasteiger partial charge in [0.05, 0.1) is 34.4 Å². The number of esters is 1. The summed E-state index contributed by atoms with van der Waals surface area (Å²) in [6.45, 7) is 5.26. The summed E-state index contributed by atoms with van der Waals surface area (Å²) in [6.07, 6.45) is 66.1. The molecule has 66 heavy (non-hydrogen) atoms. The number of carbonyl (C=O) groups excluding carboxylic acids is 1. The van der Waals surface area contributed by atoms with Gasteiger partial charge in [-0.15, -0.1) is 0 Å². The highest BCUT2D eigenvalue weighted by Gasteiger charge is 2.20. The molecule has 0 aromatic carbocycles. The first kappa shape index (κ1) is 63.7. The lowest BCUT2D eigenvalue weighted by atomic mass is 10.1. The third-order valence-electron chi connectivity index (χ3n) is 11.2. The van der Waals surface area contributed by atoms with Gasteiger partial charge in [0.1, 0.15) is 19.3 Å². The number of hydrogen-bond donors (Lipinski definition) is 0. The van der Waals surface area contributed by atoms with Gasteiger partial charge in [-0.2, -0.15) is 0 Å². The number of carbonyl (C=O) groups is 1. The largest absolute Gasteiger partial charge is 0.756 e. The summed E-state index contributed by atoms with van der Waals surface area (Å²) >= 11 is 0. The molecule has 0 aromatic heterocycles. The van der Waals surface area contributed by atoms with Gasteiger partial charge in [0.25, 0.3) is 7.82 Å². The van der Waals surface area contributed by atoms with Gasteiger partial charge in [0.15, 0.2) is 0 Å². The number of phosphoric acid groups is 1. The Morgan fingerprint density at radius 1 is 0.485 bits per heavy atom. The maximum Gasteiger partial charge on any atom is 0.306 e. The number of ether oxygens (including phenoxy) is 2. The second-order valence-corrected chi connectivity index (χ2v) is 20.3. The van der Waals surface area contributed by atoms with E-state index in [2.05, 4.69) is 98.9 Å². The molecule has 0 N–H and O–H groups in total. The van der Waals surface area contributed by atoms with Crippen LogP contribution in [0.25, 0.3) is 0 Å². The number of rotatable bonds is 49. The van der Waals surface area contributed by atoms with Gasteiger partial charge in [0, 0.05) is 13.0 Å². The molecule has 9 heteroatoms. The smallest absolute Gasteiger partial charge is 0.306 e.